The van der Waals surface area contributed by atoms with Gasteiger partial charge in [0.15, 0.2) is 9.84 Å². The zero-order valence-corrected chi connectivity index (χ0v) is 19.5. The average Bonchev–Trinajstić information content (AvgIpc) is 3.08. The van der Waals surface area contributed by atoms with Gasteiger partial charge in [0.25, 0.3) is 5.91 Å². The van der Waals surface area contributed by atoms with Crippen molar-refractivity contribution in [2.24, 2.45) is 0 Å². The molecule has 0 aliphatic heterocycles. The molecule has 0 radical (unpaired) electrons. The van der Waals surface area contributed by atoms with Gasteiger partial charge >= 0.3 is 0 Å². The third-order valence-corrected chi connectivity index (χ3v) is 6.66. The zero-order chi connectivity index (χ0) is 22.8. The Balaban J connectivity index is 1.71. The fourth-order valence-electron chi connectivity index (χ4n) is 2.66. The molecule has 0 saturated heterocycles. The summed E-state index contributed by atoms with van der Waals surface area (Å²) < 4.78 is 23.1. The second-order valence-electron chi connectivity index (χ2n) is 6.65. The molecule has 1 heterocycles. The number of thiazole rings is 1. The minimum Gasteiger partial charge on any atom is -0.326 e. The third-order valence-electron chi connectivity index (χ3n) is 4.12. The molecule has 0 aliphatic carbocycles. The van der Waals surface area contributed by atoms with Crippen LogP contribution in [-0.4, -0.2) is 31.5 Å². The number of benzene rings is 2. The van der Waals surface area contributed by atoms with Crippen LogP contribution in [0.5, 0.6) is 0 Å². The highest BCUT2D eigenvalue weighted by atomic mass is 35.5. The topological polar surface area (TPSA) is 105 Å². The van der Waals surface area contributed by atoms with Gasteiger partial charge in [-0.2, -0.15) is 0 Å². The molecule has 162 valence electrons. The van der Waals surface area contributed by atoms with E-state index in [0.29, 0.717) is 11.4 Å². The van der Waals surface area contributed by atoms with Crippen LogP contribution in [0.25, 0.3) is 0 Å². The summed E-state index contributed by atoms with van der Waals surface area (Å²) in [7, 11) is -3.36. The molecular formula is C20H17Cl2N3O4S2. The predicted molar refractivity (Wildman–Crippen MR) is 123 cm³/mol. The third kappa shape index (κ3) is 6.04. The average molecular weight is 498 g/mol. The summed E-state index contributed by atoms with van der Waals surface area (Å²) in [4.78, 5) is 29.1. The Morgan fingerprint density at radius 3 is 2.19 bits per heavy atom. The standard InChI is InChI=1S/C20H17Cl2N3O4S2/c1-11-23-14(10-30-11)9-18(26)24-13-7-16(21)19(17(22)8-13)25-20(27)12-3-5-15(6-4-12)31(2,28)29/h3-8,10H,9H2,1-2H3,(H,24,26)(H,25,27). The van der Waals surface area contributed by atoms with Gasteiger partial charge in [-0.1, -0.05) is 23.2 Å². The number of carbonyl (C=O) groups is 2. The van der Waals surface area contributed by atoms with E-state index in [0.717, 1.165) is 11.3 Å². The normalized spacial score (nSPS) is 11.2. The Kier molecular flexibility index (Phi) is 7.00. The van der Waals surface area contributed by atoms with Crippen LogP contribution in [-0.2, 0) is 21.1 Å². The maximum absolute atomic E-state index is 12.5. The summed E-state index contributed by atoms with van der Waals surface area (Å²) in [5.41, 5.74) is 1.45. The van der Waals surface area contributed by atoms with Crippen LogP contribution in [0.2, 0.25) is 10.0 Å². The van der Waals surface area contributed by atoms with E-state index in [1.807, 2.05) is 12.3 Å². The number of hydrogen-bond donors (Lipinski definition) is 2. The van der Waals surface area contributed by atoms with Crippen molar-refractivity contribution in [3.05, 3.63) is 68.1 Å². The van der Waals surface area contributed by atoms with E-state index in [1.54, 1.807) is 0 Å². The van der Waals surface area contributed by atoms with Crippen molar-refractivity contribution in [1.29, 1.82) is 0 Å². The second kappa shape index (κ2) is 9.35. The number of rotatable bonds is 6. The summed E-state index contributed by atoms with van der Waals surface area (Å²) in [6.45, 7) is 1.86. The molecule has 3 aromatic rings. The molecule has 2 amide bonds. The number of sulfone groups is 1. The number of aromatic nitrogens is 1. The van der Waals surface area contributed by atoms with Gasteiger partial charge in [-0.25, -0.2) is 13.4 Å². The molecule has 0 fully saturated rings. The highest BCUT2D eigenvalue weighted by molar-refractivity contribution is 7.90. The molecule has 0 unspecified atom stereocenters. The quantitative estimate of drug-likeness (QED) is 0.517. The first-order chi connectivity index (χ1) is 14.5. The van der Waals surface area contributed by atoms with Crippen LogP contribution in [0.4, 0.5) is 11.4 Å². The van der Waals surface area contributed by atoms with Crippen LogP contribution in [0.1, 0.15) is 21.1 Å². The van der Waals surface area contributed by atoms with Gasteiger partial charge in [0.1, 0.15) is 0 Å². The molecule has 0 atom stereocenters. The molecule has 1 aromatic heterocycles. The number of halogens is 2. The lowest BCUT2D eigenvalue weighted by atomic mass is 10.2. The fourth-order valence-corrected chi connectivity index (χ4v) is 4.49. The molecule has 2 N–H and O–H groups in total. The van der Waals surface area contributed by atoms with Crippen molar-refractivity contribution < 1.29 is 18.0 Å². The van der Waals surface area contributed by atoms with Gasteiger partial charge in [-0.05, 0) is 43.3 Å². The molecule has 11 heteroatoms. The van der Waals surface area contributed by atoms with E-state index in [-0.39, 0.29) is 38.5 Å². The van der Waals surface area contributed by atoms with E-state index < -0.39 is 15.7 Å². The van der Waals surface area contributed by atoms with E-state index in [9.17, 15) is 18.0 Å². The van der Waals surface area contributed by atoms with Gasteiger partial charge in [0, 0.05) is 22.9 Å². The van der Waals surface area contributed by atoms with Crippen molar-refractivity contribution in [2.75, 3.05) is 16.9 Å². The van der Waals surface area contributed by atoms with Crippen LogP contribution in [0.15, 0.2) is 46.7 Å². The lowest BCUT2D eigenvalue weighted by Gasteiger charge is -2.12. The lowest BCUT2D eigenvalue weighted by molar-refractivity contribution is -0.115. The summed E-state index contributed by atoms with van der Waals surface area (Å²) >= 11 is 14.0. The monoisotopic (exact) mass is 497 g/mol. The number of hydrogen-bond acceptors (Lipinski definition) is 6. The molecule has 3 rings (SSSR count). The van der Waals surface area contributed by atoms with Crippen molar-refractivity contribution in [3.63, 3.8) is 0 Å². The van der Waals surface area contributed by atoms with Crippen LogP contribution >= 0.6 is 34.5 Å². The highest BCUT2D eigenvalue weighted by Crippen LogP contribution is 2.34. The molecule has 7 nitrogen and oxygen atoms in total. The first-order valence-corrected chi connectivity index (χ1v) is 12.4. The van der Waals surface area contributed by atoms with E-state index in [2.05, 4.69) is 15.6 Å². The van der Waals surface area contributed by atoms with Crippen LogP contribution in [0.3, 0.4) is 0 Å². The minimum absolute atomic E-state index is 0.105. The Labute approximate surface area is 193 Å². The Morgan fingerprint density at radius 2 is 1.68 bits per heavy atom. The van der Waals surface area contributed by atoms with Gasteiger partial charge in [-0.15, -0.1) is 11.3 Å². The lowest BCUT2D eigenvalue weighted by Crippen LogP contribution is -2.15. The minimum atomic E-state index is -3.36. The molecule has 0 bridgehead atoms. The number of nitrogens with zero attached hydrogens (tertiary/aromatic N) is 1. The van der Waals surface area contributed by atoms with Crippen molar-refractivity contribution in [2.45, 2.75) is 18.2 Å². The van der Waals surface area contributed by atoms with Gasteiger partial charge in [0.05, 0.1) is 37.8 Å². The summed E-state index contributed by atoms with van der Waals surface area (Å²) in [5.74, 6) is -0.792. The second-order valence-corrected chi connectivity index (χ2v) is 10.5. The molecule has 0 aliphatic rings. The smallest absolute Gasteiger partial charge is 0.255 e. The maximum atomic E-state index is 12.5. The number of nitrogens with one attached hydrogen (secondary N) is 2. The maximum Gasteiger partial charge on any atom is 0.255 e. The molecule has 0 saturated carbocycles. The SMILES string of the molecule is Cc1nc(CC(=O)Nc2cc(Cl)c(NC(=O)c3ccc(S(C)(=O)=O)cc3)c(Cl)c2)cs1. The van der Waals surface area contributed by atoms with Crippen molar-refractivity contribution in [1.82, 2.24) is 4.98 Å². The van der Waals surface area contributed by atoms with E-state index >= 15 is 0 Å². The molecule has 2 aromatic carbocycles. The van der Waals surface area contributed by atoms with Crippen LogP contribution < -0.4 is 10.6 Å². The summed E-state index contributed by atoms with van der Waals surface area (Å²) in [5, 5.41) is 8.26. The predicted octanol–water partition coefficient (Wildman–Crippen LogP) is 4.60. The zero-order valence-electron chi connectivity index (χ0n) is 16.4. The fraction of sp³-hybridized carbons (Fsp3) is 0.150. The van der Waals surface area contributed by atoms with Crippen molar-refractivity contribution >= 4 is 67.6 Å². The molecular weight excluding hydrogens is 481 g/mol. The largest absolute Gasteiger partial charge is 0.326 e. The number of anilines is 2. The summed E-state index contributed by atoms with van der Waals surface area (Å²) in [6, 6.07) is 8.41. The number of amides is 2. The van der Waals surface area contributed by atoms with E-state index in [4.69, 9.17) is 23.2 Å². The summed E-state index contributed by atoms with van der Waals surface area (Å²) in [6.07, 6.45) is 1.20. The number of aryl methyl sites for hydroxylation is 1. The van der Waals surface area contributed by atoms with Gasteiger partial charge < -0.3 is 10.6 Å². The van der Waals surface area contributed by atoms with Crippen molar-refractivity contribution in [3.8, 4) is 0 Å². The van der Waals surface area contributed by atoms with Crippen LogP contribution in [0, 0.1) is 6.92 Å². The Hall–Kier alpha value is -2.46. The van der Waals surface area contributed by atoms with E-state index in [1.165, 1.54) is 47.7 Å². The Morgan fingerprint density at radius 1 is 1.06 bits per heavy atom. The molecule has 0 spiro atoms. The first kappa shape index (κ1) is 23.2. The van der Waals surface area contributed by atoms with Gasteiger partial charge in [-0.3, -0.25) is 9.59 Å². The first-order valence-electron chi connectivity index (χ1n) is 8.84. The van der Waals surface area contributed by atoms with Gasteiger partial charge in [0.2, 0.25) is 5.91 Å². The Bertz CT molecular complexity index is 1230. The number of carbonyl (C=O) groups excluding carboxylic acids is 2. The molecule has 31 heavy (non-hydrogen) atoms. The highest BCUT2D eigenvalue weighted by Gasteiger charge is 2.16.